The Hall–Kier alpha value is -3.99. The van der Waals surface area contributed by atoms with E-state index in [0.29, 0.717) is 27.0 Å². The molecule has 0 radical (unpaired) electrons. The van der Waals surface area contributed by atoms with Crippen molar-refractivity contribution in [2.75, 3.05) is 25.1 Å². The number of aliphatic hydroxyl groups excluding tert-OH is 3. The number of aliphatic hydroxyl groups is 3. The molecule has 0 fully saturated rings. The Balaban J connectivity index is 1.75. The summed E-state index contributed by atoms with van der Waals surface area (Å²) in [5.74, 6) is -2.00. The number of aromatic hydroxyl groups is 2. The number of nitrogens with one attached hydrogen (secondary N) is 1. The van der Waals surface area contributed by atoms with E-state index >= 15 is 0 Å². The van der Waals surface area contributed by atoms with Crippen molar-refractivity contribution < 1.29 is 35.1 Å². The number of imide groups is 1. The predicted molar refractivity (Wildman–Crippen MR) is 119 cm³/mol. The van der Waals surface area contributed by atoms with E-state index in [9.17, 15) is 35.1 Å². The monoisotopic (exact) mass is 451 g/mol. The van der Waals surface area contributed by atoms with Crippen molar-refractivity contribution in [3.8, 4) is 11.5 Å². The van der Waals surface area contributed by atoms with Crippen LogP contribution in [0.15, 0.2) is 53.6 Å². The second kappa shape index (κ2) is 8.51. The van der Waals surface area contributed by atoms with Crippen LogP contribution in [0.25, 0.3) is 10.8 Å². The van der Waals surface area contributed by atoms with Gasteiger partial charge in [-0.15, -0.1) is 0 Å². The van der Waals surface area contributed by atoms with Gasteiger partial charge in [-0.2, -0.15) is 10.1 Å². The van der Waals surface area contributed by atoms with Gasteiger partial charge in [0.15, 0.2) is 11.5 Å². The Morgan fingerprint density at radius 1 is 0.879 bits per heavy atom. The lowest BCUT2D eigenvalue weighted by molar-refractivity contribution is 0.0616. The third-order valence-corrected chi connectivity index (χ3v) is 5.52. The molecule has 0 spiro atoms. The van der Waals surface area contributed by atoms with Crippen LogP contribution in [0.2, 0.25) is 0 Å². The number of hydrogen-bond donors (Lipinski definition) is 6. The largest absolute Gasteiger partial charge is 0.504 e. The first kappa shape index (κ1) is 22.2. The number of anilines is 1. The first-order chi connectivity index (χ1) is 15.8. The molecule has 0 bridgehead atoms. The second-order valence-corrected chi connectivity index (χ2v) is 7.68. The van der Waals surface area contributed by atoms with Crippen LogP contribution in [-0.2, 0) is 0 Å². The van der Waals surface area contributed by atoms with Crippen LogP contribution in [0, 0.1) is 0 Å². The van der Waals surface area contributed by atoms with E-state index in [1.807, 2.05) is 0 Å². The van der Waals surface area contributed by atoms with E-state index in [2.05, 4.69) is 10.4 Å². The molecule has 1 aliphatic rings. The van der Waals surface area contributed by atoms with Crippen LogP contribution in [0.5, 0.6) is 11.5 Å². The number of phenolic OH excluding ortho intramolecular Hbond substituents is 2. The number of benzene rings is 3. The van der Waals surface area contributed by atoms with Crippen LogP contribution in [-0.4, -0.2) is 73.9 Å². The highest BCUT2D eigenvalue weighted by molar-refractivity contribution is 6.26. The van der Waals surface area contributed by atoms with E-state index in [-0.39, 0.29) is 22.6 Å². The zero-order valence-electron chi connectivity index (χ0n) is 17.3. The van der Waals surface area contributed by atoms with Crippen molar-refractivity contribution in [3.63, 3.8) is 0 Å². The van der Waals surface area contributed by atoms with E-state index in [1.54, 1.807) is 24.3 Å². The summed E-state index contributed by atoms with van der Waals surface area (Å²) in [6, 6.07) is 11.9. The van der Waals surface area contributed by atoms with Gasteiger partial charge in [0.2, 0.25) is 0 Å². The summed E-state index contributed by atoms with van der Waals surface area (Å²) < 4.78 is 0. The predicted octanol–water partition coefficient (Wildman–Crippen LogP) is 1.01. The molecule has 0 aromatic heterocycles. The minimum Gasteiger partial charge on any atom is -0.504 e. The molecule has 1 heterocycles. The maximum atomic E-state index is 13.1. The van der Waals surface area contributed by atoms with E-state index in [0.717, 1.165) is 0 Å². The molecule has 2 amide bonds. The molecule has 33 heavy (non-hydrogen) atoms. The molecule has 10 heteroatoms. The highest BCUT2D eigenvalue weighted by Gasteiger charge is 2.35. The Morgan fingerprint density at radius 2 is 1.55 bits per heavy atom. The molecule has 0 unspecified atom stereocenters. The van der Waals surface area contributed by atoms with Gasteiger partial charge < -0.3 is 30.8 Å². The molecule has 1 aliphatic heterocycles. The van der Waals surface area contributed by atoms with Crippen molar-refractivity contribution in [1.82, 2.24) is 5.01 Å². The summed E-state index contributed by atoms with van der Waals surface area (Å²) in [6.07, 6.45) is 1.22. The standard InChI is InChI=1S/C23H21N3O7/c27-10-23(11-28,12-29)25-17-6-5-16-20-14(17)2-1-3-15(20)21(32)26(22(16)33)24-9-13-4-7-18(30)19(31)8-13/h1-9,25,27-31H,10-12H2/b24-9+. The van der Waals surface area contributed by atoms with Gasteiger partial charge in [0.05, 0.1) is 37.2 Å². The second-order valence-electron chi connectivity index (χ2n) is 7.68. The van der Waals surface area contributed by atoms with Crippen molar-refractivity contribution in [1.29, 1.82) is 0 Å². The molecule has 0 aliphatic carbocycles. The van der Waals surface area contributed by atoms with Crippen LogP contribution in [0.1, 0.15) is 26.3 Å². The maximum absolute atomic E-state index is 13.1. The van der Waals surface area contributed by atoms with Crippen molar-refractivity contribution in [2.24, 2.45) is 5.10 Å². The maximum Gasteiger partial charge on any atom is 0.282 e. The van der Waals surface area contributed by atoms with Gasteiger partial charge in [-0.1, -0.05) is 12.1 Å². The van der Waals surface area contributed by atoms with E-state index < -0.39 is 37.2 Å². The van der Waals surface area contributed by atoms with Gasteiger partial charge in [-0.25, -0.2) is 0 Å². The molecule has 0 saturated heterocycles. The molecule has 3 aromatic carbocycles. The van der Waals surface area contributed by atoms with Gasteiger partial charge in [0.1, 0.15) is 5.54 Å². The molecule has 170 valence electrons. The van der Waals surface area contributed by atoms with Crippen LogP contribution in [0.4, 0.5) is 5.69 Å². The van der Waals surface area contributed by atoms with Crippen LogP contribution < -0.4 is 5.32 Å². The summed E-state index contributed by atoms with van der Waals surface area (Å²) >= 11 is 0. The Bertz CT molecular complexity index is 1250. The number of hydrazone groups is 1. The summed E-state index contributed by atoms with van der Waals surface area (Å²) in [5.41, 5.74) is -0.167. The first-order valence-corrected chi connectivity index (χ1v) is 9.95. The Morgan fingerprint density at radius 3 is 2.18 bits per heavy atom. The van der Waals surface area contributed by atoms with Crippen molar-refractivity contribution >= 4 is 34.5 Å². The minimum atomic E-state index is -1.39. The molecule has 6 N–H and O–H groups in total. The van der Waals surface area contributed by atoms with Gasteiger partial charge in [0.25, 0.3) is 11.8 Å². The smallest absolute Gasteiger partial charge is 0.282 e. The highest BCUT2D eigenvalue weighted by atomic mass is 16.3. The fraction of sp³-hybridized carbons (Fsp3) is 0.174. The first-order valence-electron chi connectivity index (χ1n) is 9.95. The lowest BCUT2D eigenvalue weighted by Crippen LogP contribution is -2.49. The summed E-state index contributed by atoms with van der Waals surface area (Å²) in [4.78, 5) is 26.2. The zero-order valence-corrected chi connectivity index (χ0v) is 17.3. The fourth-order valence-corrected chi connectivity index (χ4v) is 3.60. The lowest BCUT2D eigenvalue weighted by Gasteiger charge is -2.31. The number of nitrogens with zero attached hydrogens (tertiary/aromatic N) is 2. The van der Waals surface area contributed by atoms with Gasteiger partial charge in [-0.3, -0.25) is 9.59 Å². The highest BCUT2D eigenvalue weighted by Crippen LogP contribution is 2.35. The van der Waals surface area contributed by atoms with Gasteiger partial charge >= 0.3 is 0 Å². The molecule has 0 atom stereocenters. The van der Waals surface area contributed by atoms with Crippen LogP contribution in [0.3, 0.4) is 0 Å². The number of hydrogen-bond acceptors (Lipinski definition) is 9. The summed E-state index contributed by atoms with van der Waals surface area (Å²) in [6.45, 7) is -1.64. The molecule has 3 aromatic rings. The van der Waals surface area contributed by atoms with E-state index in [1.165, 1.54) is 30.5 Å². The van der Waals surface area contributed by atoms with Crippen LogP contribution >= 0.6 is 0 Å². The SMILES string of the molecule is O=C1c2cccc3c(NC(CO)(CO)CO)ccc(c23)C(=O)N1/N=C/c1ccc(O)c(O)c1. The number of carbonyl (C=O) groups excluding carboxylic acids is 2. The summed E-state index contributed by atoms with van der Waals surface area (Å²) in [5, 5.41) is 56.5. The molecule has 4 rings (SSSR count). The van der Waals surface area contributed by atoms with Crippen molar-refractivity contribution in [3.05, 3.63) is 65.2 Å². The Kier molecular flexibility index (Phi) is 5.73. The topological polar surface area (TPSA) is 163 Å². The van der Waals surface area contributed by atoms with Gasteiger partial charge in [0, 0.05) is 16.5 Å². The zero-order chi connectivity index (χ0) is 23.8. The fourth-order valence-electron chi connectivity index (χ4n) is 3.60. The molecule has 10 nitrogen and oxygen atoms in total. The normalized spacial score (nSPS) is 13.8. The lowest BCUT2D eigenvalue weighted by atomic mass is 9.92. The number of amides is 2. The average Bonchev–Trinajstić information content (AvgIpc) is 2.83. The molecular weight excluding hydrogens is 430 g/mol. The summed E-state index contributed by atoms with van der Waals surface area (Å²) in [7, 11) is 0. The molecule has 0 saturated carbocycles. The number of rotatable bonds is 7. The third-order valence-electron chi connectivity index (χ3n) is 5.52. The van der Waals surface area contributed by atoms with Crippen molar-refractivity contribution in [2.45, 2.75) is 5.54 Å². The average molecular weight is 451 g/mol. The minimum absolute atomic E-state index is 0.221. The number of carbonyl (C=O) groups is 2. The third kappa shape index (κ3) is 3.76. The molecular formula is C23H21N3O7. The van der Waals surface area contributed by atoms with E-state index in [4.69, 9.17) is 0 Å². The quantitative estimate of drug-likeness (QED) is 0.176. The van der Waals surface area contributed by atoms with Gasteiger partial charge in [-0.05, 0) is 42.0 Å². The Labute approximate surface area is 187 Å². The number of phenols is 2.